The van der Waals surface area contributed by atoms with Crippen molar-refractivity contribution in [3.8, 4) is 0 Å². The third kappa shape index (κ3) is 6.06. The molecule has 0 aromatic heterocycles. The van der Waals surface area contributed by atoms with Gasteiger partial charge in [-0.25, -0.2) is 0 Å². The summed E-state index contributed by atoms with van der Waals surface area (Å²) in [5.74, 6) is 0. The highest BCUT2D eigenvalue weighted by Crippen LogP contribution is 2.12. The van der Waals surface area contributed by atoms with Gasteiger partial charge in [0.1, 0.15) is 0 Å². The maximum atomic E-state index is 3.53. The van der Waals surface area contributed by atoms with Gasteiger partial charge in [0, 0.05) is 24.7 Å². The Kier molecular flexibility index (Phi) is 6.70. The van der Waals surface area contributed by atoms with Gasteiger partial charge in [-0.2, -0.15) is 0 Å². The van der Waals surface area contributed by atoms with Crippen molar-refractivity contribution in [3.63, 3.8) is 0 Å². The molecular formula is C18H32N2. The molecule has 0 saturated carbocycles. The van der Waals surface area contributed by atoms with E-state index in [1.54, 1.807) is 0 Å². The van der Waals surface area contributed by atoms with E-state index in [0.29, 0.717) is 6.04 Å². The number of nitrogens with zero attached hydrogens (tertiary/aromatic N) is 1. The molecule has 0 spiro atoms. The van der Waals surface area contributed by atoms with Gasteiger partial charge < -0.3 is 5.32 Å². The second kappa shape index (κ2) is 7.80. The van der Waals surface area contributed by atoms with Crippen LogP contribution in [0.1, 0.15) is 59.1 Å². The molecular weight excluding hydrogens is 244 g/mol. The summed E-state index contributed by atoms with van der Waals surface area (Å²) in [6.45, 7) is 16.5. The van der Waals surface area contributed by atoms with Crippen LogP contribution in [0.2, 0.25) is 0 Å². The Balaban J connectivity index is 2.57. The molecule has 2 heteroatoms. The quantitative estimate of drug-likeness (QED) is 0.803. The Bertz CT molecular complexity index is 375. The number of rotatable bonds is 7. The van der Waals surface area contributed by atoms with Gasteiger partial charge in [-0.15, -0.1) is 0 Å². The zero-order chi connectivity index (χ0) is 15.2. The number of nitrogens with one attached hydrogen (secondary N) is 1. The lowest BCUT2D eigenvalue weighted by Gasteiger charge is -2.27. The molecule has 0 amide bonds. The zero-order valence-corrected chi connectivity index (χ0v) is 14.2. The summed E-state index contributed by atoms with van der Waals surface area (Å²) >= 11 is 0. The van der Waals surface area contributed by atoms with E-state index in [4.69, 9.17) is 0 Å². The van der Waals surface area contributed by atoms with Crippen LogP contribution in [0.4, 0.5) is 0 Å². The van der Waals surface area contributed by atoms with Crippen molar-refractivity contribution in [3.05, 3.63) is 35.4 Å². The molecule has 0 aliphatic carbocycles. The number of hydrogen-bond donors (Lipinski definition) is 1. The van der Waals surface area contributed by atoms with E-state index in [9.17, 15) is 0 Å². The van der Waals surface area contributed by atoms with Crippen molar-refractivity contribution in [1.29, 1.82) is 0 Å². The first-order valence-electron chi connectivity index (χ1n) is 7.92. The summed E-state index contributed by atoms with van der Waals surface area (Å²) in [4.78, 5) is 2.53. The van der Waals surface area contributed by atoms with Crippen molar-refractivity contribution in [2.75, 3.05) is 6.54 Å². The molecule has 0 aliphatic heterocycles. The van der Waals surface area contributed by atoms with Gasteiger partial charge in [-0.05, 0) is 51.8 Å². The number of benzene rings is 1. The molecule has 114 valence electrons. The van der Waals surface area contributed by atoms with Crippen molar-refractivity contribution in [1.82, 2.24) is 10.2 Å². The summed E-state index contributed by atoms with van der Waals surface area (Å²) in [6, 6.07) is 9.69. The Morgan fingerprint density at radius 2 is 1.60 bits per heavy atom. The minimum Gasteiger partial charge on any atom is -0.308 e. The van der Waals surface area contributed by atoms with Crippen LogP contribution in [0, 0.1) is 0 Å². The summed E-state index contributed by atoms with van der Waals surface area (Å²) in [5, 5.41) is 3.53. The third-order valence-electron chi connectivity index (χ3n) is 3.85. The summed E-state index contributed by atoms with van der Waals surface area (Å²) in [7, 11) is 0. The highest BCUT2D eigenvalue weighted by Gasteiger charge is 2.11. The Morgan fingerprint density at radius 3 is 2.05 bits per heavy atom. The van der Waals surface area contributed by atoms with Gasteiger partial charge in [-0.1, -0.05) is 38.1 Å². The summed E-state index contributed by atoms with van der Waals surface area (Å²) < 4.78 is 0. The molecule has 1 atom stereocenters. The minimum absolute atomic E-state index is 0.175. The fraction of sp³-hybridized carbons (Fsp3) is 0.667. The monoisotopic (exact) mass is 276 g/mol. The van der Waals surface area contributed by atoms with Gasteiger partial charge in [-0.3, -0.25) is 4.90 Å². The lowest BCUT2D eigenvalue weighted by molar-refractivity contribution is 0.206. The van der Waals surface area contributed by atoms with Crippen LogP contribution >= 0.6 is 0 Å². The van der Waals surface area contributed by atoms with E-state index in [1.807, 2.05) is 0 Å². The Labute approximate surface area is 125 Å². The van der Waals surface area contributed by atoms with E-state index in [1.165, 1.54) is 17.5 Å². The maximum Gasteiger partial charge on any atom is 0.0236 e. The number of hydrogen-bond acceptors (Lipinski definition) is 2. The van der Waals surface area contributed by atoms with Crippen LogP contribution in [0.3, 0.4) is 0 Å². The molecule has 0 radical (unpaired) electrons. The van der Waals surface area contributed by atoms with E-state index in [0.717, 1.165) is 19.6 Å². The predicted octanol–water partition coefficient (Wildman–Crippen LogP) is 4.20. The second-order valence-corrected chi connectivity index (χ2v) is 6.74. The Hall–Kier alpha value is -0.860. The highest BCUT2D eigenvalue weighted by atomic mass is 15.1. The molecule has 0 fully saturated rings. The van der Waals surface area contributed by atoms with Crippen LogP contribution in [-0.4, -0.2) is 23.0 Å². The van der Waals surface area contributed by atoms with Crippen molar-refractivity contribution < 1.29 is 0 Å². The van der Waals surface area contributed by atoms with E-state index < -0.39 is 0 Å². The van der Waals surface area contributed by atoms with Gasteiger partial charge in [0.15, 0.2) is 0 Å². The molecule has 1 aromatic rings. The fourth-order valence-electron chi connectivity index (χ4n) is 2.20. The first-order chi connectivity index (χ1) is 9.35. The average Bonchev–Trinajstić information content (AvgIpc) is 2.42. The van der Waals surface area contributed by atoms with E-state index in [2.05, 4.69) is 76.0 Å². The van der Waals surface area contributed by atoms with Crippen LogP contribution in [0.15, 0.2) is 24.3 Å². The lowest BCUT2D eigenvalue weighted by atomic mass is 10.1. The topological polar surface area (TPSA) is 15.3 Å². The largest absolute Gasteiger partial charge is 0.308 e. The molecule has 0 heterocycles. The molecule has 0 saturated heterocycles. The minimum atomic E-state index is 0.175. The average molecular weight is 276 g/mol. The zero-order valence-electron chi connectivity index (χ0n) is 14.2. The van der Waals surface area contributed by atoms with Crippen LogP contribution in [0.5, 0.6) is 0 Å². The molecule has 1 unspecified atom stereocenters. The molecule has 1 aromatic carbocycles. The molecule has 2 nitrogen and oxygen atoms in total. The SMILES string of the molecule is CCC(C)N(CC)Cc1ccc(CNC(C)(C)C)cc1. The molecule has 1 rings (SSSR count). The van der Waals surface area contributed by atoms with Crippen LogP contribution in [-0.2, 0) is 13.1 Å². The van der Waals surface area contributed by atoms with E-state index in [-0.39, 0.29) is 5.54 Å². The maximum absolute atomic E-state index is 3.53. The molecule has 0 aliphatic rings. The highest BCUT2D eigenvalue weighted by molar-refractivity contribution is 5.22. The molecule has 0 bridgehead atoms. The normalized spacial score (nSPS) is 13.8. The lowest BCUT2D eigenvalue weighted by Crippen LogP contribution is -2.35. The third-order valence-corrected chi connectivity index (χ3v) is 3.85. The second-order valence-electron chi connectivity index (χ2n) is 6.74. The first kappa shape index (κ1) is 17.2. The van der Waals surface area contributed by atoms with E-state index >= 15 is 0 Å². The summed E-state index contributed by atoms with van der Waals surface area (Å²) in [5.41, 5.74) is 2.94. The van der Waals surface area contributed by atoms with Gasteiger partial charge in [0.25, 0.3) is 0 Å². The summed E-state index contributed by atoms with van der Waals surface area (Å²) in [6.07, 6.45) is 1.21. The smallest absolute Gasteiger partial charge is 0.0236 e. The first-order valence-corrected chi connectivity index (χ1v) is 7.92. The van der Waals surface area contributed by atoms with Crippen molar-refractivity contribution in [2.24, 2.45) is 0 Å². The van der Waals surface area contributed by atoms with Gasteiger partial charge in [0.2, 0.25) is 0 Å². The predicted molar refractivity (Wildman–Crippen MR) is 88.9 cm³/mol. The molecule has 1 N–H and O–H groups in total. The van der Waals surface area contributed by atoms with Crippen molar-refractivity contribution >= 4 is 0 Å². The van der Waals surface area contributed by atoms with Crippen LogP contribution in [0.25, 0.3) is 0 Å². The van der Waals surface area contributed by atoms with Gasteiger partial charge in [0.05, 0.1) is 0 Å². The van der Waals surface area contributed by atoms with Crippen molar-refractivity contribution in [2.45, 2.75) is 72.6 Å². The fourth-order valence-corrected chi connectivity index (χ4v) is 2.20. The van der Waals surface area contributed by atoms with Crippen LogP contribution < -0.4 is 5.32 Å². The standard InChI is InChI=1S/C18H32N2/c1-7-15(3)20(8-2)14-17-11-9-16(10-12-17)13-19-18(4,5)6/h9-12,15,19H,7-8,13-14H2,1-6H3. The molecule has 20 heavy (non-hydrogen) atoms. The van der Waals surface area contributed by atoms with Gasteiger partial charge >= 0.3 is 0 Å². The Morgan fingerprint density at radius 1 is 1.05 bits per heavy atom.